The number of anilines is 1. The maximum Gasteiger partial charge on any atom is 0.255 e. The summed E-state index contributed by atoms with van der Waals surface area (Å²) in [6.07, 6.45) is 4.30. The van der Waals surface area contributed by atoms with Gasteiger partial charge in [-0.15, -0.1) is 0 Å². The van der Waals surface area contributed by atoms with E-state index in [-0.39, 0.29) is 5.91 Å². The summed E-state index contributed by atoms with van der Waals surface area (Å²) in [6, 6.07) is 12.2. The highest BCUT2D eigenvalue weighted by Crippen LogP contribution is 2.23. The monoisotopic (exact) mass is 366 g/mol. The van der Waals surface area contributed by atoms with Crippen LogP contribution in [0.15, 0.2) is 42.6 Å². The molecule has 27 heavy (non-hydrogen) atoms. The van der Waals surface area contributed by atoms with Crippen LogP contribution in [0.25, 0.3) is 0 Å². The Labute approximate surface area is 160 Å². The second kappa shape index (κ2) is 8.06. The third kappa shape index (κ3) is 4.12. The van der Waals surface area contributed by atoms with Crippen LogP contribution in [-0.4, -0.2) is 60.0 Å². The summed E-state index contributed by atoms with van der Waals surface area (Å²) in [5, 5.41) is 2.86. The average Bonchev–Trinajstić information content (AvgIpc) is 3.17. The lowest BCUT2D eigenvalue weighted by Gasteiger charge is -2.37. The Hall–Kier alpha value is -2.44. The Kier molecular flexibility index (Phi) is 5.36. The number of nitrogens with zero attached hydrogens (tertiary/aromatic N) is 3. The lowest BCUT2D eigenvalue weighted by Crippen LogP contribution is -2.49. The van der Waals surface area contributed by atoms with Gasteiger partial charge in [0.1, 0.15) is 5.69 Å². The fourth-order valence-corrected chi connectivity index (χ4v) is 4.06. The van der Waals surface area contributed by atoms with Gasteiger partial charge in [-0.3, -0.25) is 14.6 Å². The van der Waals surface area contributed by atoms with Crippen molar-refractivity contribution >= 4 is 11.6 Å². The second-order valence-electron chi connectivity index (χ2n) is 7.28. The number of rotatable bonds is 5. The number of aromatic nitrogens is 1. The number of hydrogen-bond donors (Lipinski definition) is 1. The number of carbonyl (C=O) groups is 1. The van der Waals surface area contributed by atoms with Crippen LogP contribution in [0.3, 0.4) is 0 Å². The number of carbonyl (C=O) groups excluding carboxylic acids is 1. The Morgan fingerprint density at radius 1 is 1.22 bits per heavy atom. The standard InChI is InChI=1S/C21H26N4O2/c1-27-21-19(5-2-10-22-21)23-20(26)17-8-6-16(7-9-17)14-24-12-13-25-11-3-4-18(25)15-24/h2,5-10,18H,3-4,11-15H2,1H3,(H,23,26)/t18-/m0/s1. The van der Waals surface area contributed by atoms with Gasteiger partial charge < -0.3 is 10.1 Å². The lowest BCUT2D eigenvalue weighted by molar-refractivity contribution is 0.0993. The predicted molar refractivity (Wildman–Crippen MR) is 105 cm³/mol. The largest absolute Gasteiger partial charge is 0.480 e. The number of benzene rings is 1. The van der Waals surface area contributed by atoms with Crippen molar-refractivity contribution in [3.63, 3.8) is 0 Å². The summed E-state index contributed by atoms with van der Waals surface area (Å²) in [4.78, 5) is 21.7. The number of fused-ring (bicyclic) bond motifs is 1. The first-order valence-electron chi connectivity index (χ1n) is 9.58. The number of hydrogen-bond acceptors (Lipinski definition) is 5. The Morgan fingerprint density at radius 2 is 2.07 bits per heavy atom. The summed E-state index contributed by atoms with van der Waals surface area (Å²) in [6.45, 7) is 5.67. The minimum absolute atomic E-state index is 0.160. The highest BCUT2D eigenvalue weighted by Gasteiger charge is 2.30. The van der Waals surface area contributed by atoms with E-state index < -0.39 is 0 Å². The van der Waals surface area contributed by atoms with E-state index >= 15 is 0 Å². The van der Waals surface area contributed by atoms with Crippen molar-refractivity contribution in [2.75, 3.05) is 38.6 Å². The first-order chi connectivity index (χ1) is 13.2. The zero-order valence-electron chi connectivity index (χ0n) is 15.7. The van der Waals surface area contributed by atoms with Crippen molar-refractivity contribution in [1.29, 1.82) is 0 Å². The zero-order valence-corrected chi connectivity index (χ0v) is 15.7. The second-order valence-corrected chi connectivity index (χ2v) is 7.28. The van der Waals surface area contributed by atoms with Gasteiger partial charge in [-0.25, -0.2) is 4.98 Å². The molecule has 0 spiro atoms. The van der Waals surface area contributed by atoms with E-state index in [2.05, 4.69) is 32.2 Å². The van der Waals surface area contributed by atoms with E-state index in [1.165, 1.54) is 38.6 Å². The molecule has 1 N–H and O–H groups in total. The van der Waals surface area contributed by atoms with Gasteiger partial charge in [-0.1, -0.05) is 12.1 Å². The van der Waals surface area contributed by atoms with Crippen molar-refractivity contribution in [2.45, 2.75) is 25.4 Å². The molecule has 0 saturated carbocycles. The number of methoxy groups -OCH3 is 1. The Bertz CT molecular complexity index is 793. The van der Waals surface area contributed by atoms with Gasteiger partial charge in [0, 0.05) is 44.0 Å². The van der Waals surface area contributed by atoms with Gasteiger partial charge in [0.25, 0.3) is 5.91 Å². The van der Waals surface area contributed by atoms with Gasteiger partial charge in [-0.2, -0.15) is 0 Å². The summed E-state index contributed by atoms with van der Waals surface area (Å²) in [5.74, 6) is 0.251. The minimum atomic E-state index is -0.160. The maximum absolute atomic E-state index is 12.5. The van der Waals surface area contributed by atoms with Crippen LogP contribution in [-0.2, 0) is 6.54 Å². The molecule has 2 aromatic rings. The van der Waals surface area contributed by atoms with E-state index in [9.17, 15) is 4.79 Å². The Morgan fingerprint density at radius 3 is 2.89 bits per heavy atom. The molecule has 1 aromatic carbocycles. The molecule has 3 heterocycles. The van der Waals surface area contributed by atoms with Crippen molar-refractivity contribution in [1.82, 2.24) is 14.8 Å². The number of nitrogens with one attached hydrogen (secondary N) is 1. The summed E-state index contributed by atoms with van der Waals surface area (Å²) >= 11 is 0. The molecule has 0 aliphatic carbocycles. The highest BCUT2D eigenvalue weighted by atomic mass is 16.5. The molecule has 1 aromatic heterocycles. The predicted octanol–water partition coefficient (Wildman–Crippen LogP) is 2.62. The van der Waals surface area contributed by atoms with E-state index in [1.807, 2.05) is 12.1 Å². The molecule has 2 saturated heterocycles. The fourth-order valence-electron chi connectivity index (χ4n) is 4.06. The SMILES string of the molecule is COc1ncccc1NC(=O)c1ccc(CN2CCN3CCC[C@H]3C2)cc1. The van der Waals surface area contributed by atoms with Crippen LogP contribution in [0, 0.1) is 0 Å². The first kappa shape index (κ1) is 17.9. The number of piperazine rings is 1. The van der Waals surface area contributed by atoms with E-state index in [0.717, 1.165) is 25.7 Å². The molecule has 0 radical (unpaired) electrons. The zero-order chi connectivity index (χ0) is 18.6. The molecule has 142 valence electrons. The minimum Gasteiger partial charge on any atom is -0.480 e. The van der Waals surface area contributed by atoms with Crippen molar-refractivity contribution < 1.29 is 9.53 Å². The van der Waals surface area contributed by atoms with Crippen LogP contribution >= 0.6 is 0 Å². The average molecular weight is 366 g/mol. The normalized spacial score (nSPS) is 20.3. The van der Waals surface area contributed by atoms with Crippen LogP contribution in [0.2, 0.25) is 0 Å². The molecule has 0 unspecified atom stereocenters. The van der Waals surface area contributed by atoms with Gasteiger partial charge >= 0.3 is 0 Å². The molecule has 6 nitrogen and oxygen atoms in total. The molecular formula is C21H26N4O2. The quantitative estimate of drug-likeness (QED) is 0.882. The highest BCUT2D eigenvalue weighted by molar-refractivity contribution is 6.04. The number of amides is 1. The Balaban J connectivity index is 1.36. The molecular weight excluding hydrogens is 340 g/mol. The molecule has 2 aliphatic rings. The van der Waals surface area contributed by atoms with Gasteiger partial charge in [0.05, 0.1) is 7.11 Å². The molecule has 1 atom stereocenters. The first-order valence-corrected chi connectivity index (χ1v) is 9.58. The van der Waals surface area contributed by atoms with E-state index in [1.54, 1.807) is 18.3 Å². The van der Waals surface area contributed by atoms with Gasteiger partial charge in [0.2, 0.25) is 5.88 Å². The third-order valence-corrected chi connectivity index (χ3v) is 5.51. The lowest BCUT2D eigenvalue weighted by atomic mass is 10.1. The summed E-state index contributed by atoms with van der Waals surface area (Å²) in [7, 11) is 1.54. The molecule has 2 fully saturated rings. The van der Waals surface area contributed by atoms with Crippen LogP contribution in [0.1, 0.15) is 28.8 Å². The molecule has 2 aliphatic heterocycles. The maximum atomic E-state index is 12.5. The van der Waals surface area contributed by atoms with Crippen LogP contribution in [0.5, 0.6) is 5.88 Å². The smallest absolute Gasteiger partial charge is 0.255 e. The molecule has 6 heteroatoms. The van der Waals surface area contributed by atoms with Gasteiger partial charge in [-0.05, 0) is 49.2 Å². The summed E-state index contributed by atoms with van der Waals surface area (Å²) < 4.78 is 5.18. The third-order valence-electron chi connectivity index (χ3n) is 5.51. The number of ether oxygens (including phenoxy) is 1. The fraction of sp³-hybridized carbons (Fsp3) is 0.429. The molecule has 1 amide bonds. The number of pyridine rings is 1. The molecule has 0 bridgehead atoms. The summed E-state index contributed by atoms with van der Waals surface area (Å²) in [5.41, 5.74) is 2.45. The topological polar surface area (TPSA) is 57.7 Å². The van der Waals surface area contributed by atoms with Crippen LogP contribution < -0.4 is 10.1 Å². The van der Waals surface area contributed by atoms with Crippen molar-refractivity contribution in [3.05, 3.63) is 53.7 Å². The van der Waals surface area contributed by atoms with Crippen LogP contribution in [0.4, 0.5) is 5.69 Å². The molecule has 4 rings (SSSR count). The van der Waals surface area contributed by atoms with Crippen molar-refractivity contribution in [2.24, 2.45) is 0 Å². The van der Waals surface area contributed by atoms with E-state index in [4.69, 9.17) is 4.74 Å². The van der Waals surface area contributed by atoms with Crippen molar-refractivity contribution in [3.8, 4) is 5.88 Å². The van der Waals surface area contributed by atoms with Gasteiger partial charge in [0.15, 0.2) is 0 Å². The van der Waals surface area contributed by atoms with E-state index in [0.29, 0.717) is 17.1 Å².